The molecular weight excluding hydrogens is 304 g/mol. The van der Waals surface area contributed by atoms with Gasteiger partial charge in [0.05, 0.1) is 6.61 Å². The van der Waals surface area contributed by atoms with Gasteiger partial charge in [0.15, 0.2) is 0 Å². The van der Waals surface area contributed by atoms with Crippen molar-refractivity contribution < 1.29 is 4.74 Å². The van der Waals surface area contributed by atoms with Crippen LogP contribution in [-0.4, -0.2) is 6.61 Å². The second kappa shape index (κ2) is 6.63. The molecular formula is C24H38O. The highest BCUT2D eigenvalue weighted by Gasteiger charge is 2.45. The first-order chi connectivity index (χ1) is 11.6. The lowest BCUT2D eigenvalue weighted by Gasteiger charge is -2.36. The molecule has 0 radical (unpaired) electrons. The summed E-state index contributed by atoms with van der Waals surface area (Å²) in [6.07, 6.45) is 8.25. The maximum atomic E-state index is 6.23. The highest BCUT2D eigenvalue weighted by Crippen LogP contribution is 2.54. The first-order valence-electron chi connectivity index (χ1n) is 10.3. The Bertz CT molecular complexity index is 562. The van der Waals surface area contributed by atoms with Crippen molar-refractivity contribution in [1.82, 2.24) is 0 Å². The van der Waals surface area contributed by atoms with Crippen LogP contribution in [0.2, 0.25) is 0 Å². The van der Waals surface area contributed by atoms with Crippen molar-refractivity contribution in [3.63, 3.8) is 0 Å². The Morgan fingerprint density at radius 1 is 1.00 bits per heavy atom. The minimum absolute atomic E-state index is 0.275. The van der Waals surface area contributed by atoms with E-state index in [2.05, 4.69) is 65.8 Å². The molecule has 2 bridgehead atoms. The molecule has 1 atom stereocenters. The molecule has 0 N–H and O–H groups in total. The lowest BCUT2D eigenvalue weighted by molar-refractivity contribution is 0.152. The molecule has 0 amide bonds. The van der Waals surface area contributed by atoms with Gasteiger partial charge in [-0.1, -0.05) is 53.7 Å². The second-order valence-electron chi connectivity index (χ2n) is 11.2. The zero-order chi connectivity index (χ0) is 18.3. The fraction of sp³-hybridized carbons (Fsp3) is 0.750. The first-order valence-corrected chi connectivity index (χ1v) is 10.3. The van der Waals surface area contributed by atoms with Crippen molar-refractivity contribution in [3.05, 3.63) is 29.8 Å². The second-order valence-corrected chi connectivity index (χ2v) is 11.2. The summed E-state index contributed by atoms with van der Waals surface area (Å²) in [5.74, 6) is 2.62. The number of benzene rings is 1. The molecule has 0 aromatic heterocycles. The highest BCUT2D eigenvalue weighted by molar-refractivity contribution is 5.30. The molecule has 0 aliphatic heterocycles. The van der Waals surface area contributed by atoms with Crippen LogP contribution in [0, 0.1) is 22.2 Å². The Labute approximate surface area is 155 Å². The molecule has 140 valence electrons. The molecule has 1 nitrogen and oxygen atoms in total. The van der Waals surface area contributed by atoms with Gasteiger partial charge < -0.3 is 4.74 Å². The predicted molar refractivity (Wildman–Crippen MR) is 107 cm³/mol. The number of hydrogen-bond donors (Lipinski definition) is 0. The van der Waals surface area contributed by atoms with Crippen LogP contribution < -0.4 is 4.74 Å². The average molecular weight is 343 g/mol. The minimum atomic E-state index is 0.275. The first kappa shape index (κ1) is 18.8. The van der Waals surface area contributed by atoms with E-state index in [0.717, 1.165) is 18.3 Å². The molecule has 0 spiro atoms. The average Bonchev–Trinajstić information content (AvgIpc) is 3.11. The summed E-state index contributed by atoms with van der Waals surface area (Å²) < 4.78 is 6.23. The smallest absolute Gasteiger partial charge is 0.119 e. The van der Waals surface area contributed by atoms with E-state index in [1.165, 1.54) is 44.1 Å². The molecule has 1 aromatic carbocycles. The maximum Gasteiger partial charge on any atom is 0.119 e. The van der Waals surface area contributed by atoms with Gasteiger partial charge in [-0.05, 0) is 78.9 Å². The van der Waals surface area contributed by atoms with Crippen molar-refractivity contribution in [3.8, 4) is 5.75 Å². The Kier molecular flexibility index (Phi) is 4.99. The number of hydrogen-bond acceptors (Lipinski definition) is 1. The quantitative estimate of drug-likeness (QED) is 0.549. The molecule has 2 saturated carbocycles. The van der Waals surface area contributed by atoms with Gasteiger partial charge in [0.25, 0.3) is 0 Å². The Balaban J connectivity index is 1.66. The normalized spacial score (nSPS) is 27.5. The molecule has 3 rings (SSSR count). The van der Waals surface area contributed by atoms with Gasteiger partial charge in [-0.25, -0.2) is 0 Å². The standard InChI is InChI=1S/C24H38O/c1-22(2,3)16-21(23(4,5)6)19-7-9-20(10-8-19)25-17-24-13-11-18(15-24)12-14-24/h7-10,18,21H,11-17H2,1-6H3. The molecule has 1 unspecified atom stereocenters. The third-order valence-electron chi connectivity index (χ3n) is 6.58. The van der Waals surface area contributed by atoms with E-state index in [-0.39, 0.29) is 5.41 Å². The number of fused-ring (bicyclic) bond motifs is 2. The van der Waals surface area contributed by atoms with Crippen molar-refractivity contribution in [2.75, 3.05) is 6.61 Å². The fourth-order valence-electron chi connectivity index (χ4n) is 5.08. The predicted octanol–water partition coefficient (Wildman–Crippen LogP) is 7.21. The maximum absolute atomic E-state index is 6.23. The van der Waals surface area contributed by atoms with Gasteiger partial charge >= 0.3 is 0 Å². The van der Waals surface area contributed by atoms with Gasteiger partial charge in [0.2, 0.25) is 0 Å². The van der Waals surface area contributed by atoms with Crippen LogP contribution in [0.4, 0.5) is 0 Å². The van der Waals surface area contributed by atoms with Crippen LogP contribution in [0.5, 0.6) is 5.75 Å². The van der Waals surface area contributed by atoms with Crippen LogP contribution in [0.1, 0.15) is 91.5 Å². The highest BCUT2D eigenvalue weighted by atomic mass is 16.5. The van der Waals surface area contributed by atoms with Gasteiger partial charge in [-0.15, -0.1) is 0 Å². The minimum Gasteiger partial charge on any atom is -0.493 e. The van der Waals surface area contributed by atoms with Gasteiger partial charge in [-0.3, -0.25) is 0 Å². The SMILES string of the molecule is CC(C)(C)CC(c1ccc(OCC23CCC(CC2)C3)cc1)C(C)(C)C. The molecule has 0 saturated heterocycles. The van der Waals surface area contributed by atoms with Crippen molar-refractivity contribution in [1.29, 1.82) is 0 Å². The molecule has 1 heteroatoms. The van der Waals surface area contributed by atoms with E-state index in [1.54, 1.807) is 0 Å². The third-order valence-corrected chi connectivity index (χ3v) is 6.58. The van der Waals surface area contributed by atoms with Crippen LogP contribution >= 0.6 is 0 Å². The zero-order valence-electron chi connectivity index (χ0n) is 17.3. The lowest BCUT2D eigenvalue weighted by atomic mass is 9.69. The molecule has 1 aromatic rings. The fourth-order valence-corrected chi connectivity index (χ4v) is 5.08. The van der Waals surface area contributed by atoms with E-state index >= 15 is 0 Å². The van der Waals surface area contributed by atoms with Crippen molar-refractivity contribution in [2.24, 2.45) is 22.2 Å². The number of ether oxygens (including phenoxy) is 1. The molecule has 2 aliphatic rings. The van der Waals surface area contributed by atoms with Gasteiger partial charge in [-0.2, -0.15) is 0 Å². The van der Waals surface area contributed by atoms with E-state index in [9.17, 15) is 0 Å². The van der Waals surface area contributed by atoms with Crippen LogP contribution in [0.15, 0.2) is 24.3 Å². The third kappa shape index (κ3) is 4.60. The summed E-state index contributed by atoms with van der Waals surface area (Å²) in [5.41, 5.74) is 2.57. The van der Waals surface area contributed by atoms with E-state index in [1.807, 2.05) is 0 Å². The van der Waals surface area contributed by atoms with E-state index < -0.39 is 0 Å². The summed E-state index contributed by atoms with van der Waals surface area (Å²) in [6.45, 7) is 15.1. The lowest BCUT2D eigenvalue weighted by Crippen LogP contribution is -2.24. The molecule has 2 aliphatic carbocycles. The largest absolute Gasteiger partial charge is 0.493 e. The van der Waals surface area contributed by atoms with E-state index in [0.29, 0.717) is 16.7 Å². The summed E-state index contributed by atoms with van der Waals surface area (Å²) >= 11 is 0. The Morgan fingerprint density at radius 3 is 2.04 bits per heavy atom. The molecule has 0 heterocycles. The summed E-state index contributed by atoms with van der Waals surface area (Å²) in [4.78, 5) is 0. The van der Waals surface area contributed by atoms with Gasteiger partial charge in [0.1, 0.15) is 5.75 Å². The van der Waals surface area contributed by atoms with Gasteiger partial charge in [0, 0.05) is 5.41 Å². The van der Waals surface area contributed by atoms with Crippen molar-refractivity contribution in [2.45, 2.75) is 86.0 Å². The summed E-state index contributed by atoms with van der Waals surface area (Å²) in [5, 5.41) is 0. The Hall–Kier alpha value is -0.980. The van der Waals surface area contributed by atoms with Crippen LogP contribution in [-0.2, 0) is 0 Å². The van der Waals surface area contributed by atoms with Crippen molar-refractivity contribution >= 4 is 0 Å². The number of rotatable bonds is 5. The summed E-state index contributed by atoms with van der Waals surface area (Å²) in [6, 6.07) is 9.02. The Morgan fingerprint density at radius 2 is 1.60 bits per heavy atom. The van der Waals surface area contributed by atoms with E-state index in [4.69, 9.17) is 4.74 Å². The van der Waals surface area contributed by atoms with Crippen LogP contribution in [0.25, 0.3) is 0 Å². The zero-order valence-corrected chi connectivity index (χ0v) is 17.3. The topological polar surface area (TPSA) is 9.23 Å². The van der Waals surface area contributed by atoms with Crippen LogP contribution in [0.3, 0.4) is 0 Å². The summed E-state index contributed by atoms with van der Waals surface area (Å²) in [7, 11) is 0. The molecule has 25 heavy (non-hydrogen) atoms. The molecule has 2 fully saturated rings. The monoisotopic (exact) mass is 342 g/mol.